The van der Waals surface area contributed by atoms with Crippen LogP contribution in [0.15, 0.2) is 60.7 Å². The Kier molecular flexibility index (Phi) is 7.89. The summed E-state index contributed by atoms with van der Waals surface area (Å²) < 4.78 is 11.2. The van der Waals surface area contributed by atoms with Gasteiger partial charge in [0.1, 0.15) is 0 Å². The predicted molar refractivity (Wildman–Crippen MR) is 116 cm³/mol. The van der Waals surface area contributed by atoms with Gasteiger partial charge in [0, 0.05) is 25.2 Å². The molecule has 1 N–H and O–H groups in total. The van der Waals surface area contributed by atoms with Crippen molar-refractivity contribution < 1.29 is 19.1 Å². The number of carbonyl (C=O) groups excluding carboxylic acids is 2. The van der Waals surface area contributed by atoms with Gasteiger partial charge in [-0.2, -0.15) is 0 Å². The molecule has 0 bridgehead atoms. The lowest BCUT2D eigenvalue weighted by molar-refractivity contribution is -0.134. The minimum atomic E-state index is -0.112. The molecule has 0 unspecified atom stereocenters. The molecule has 2 amide bonds. The number of nitrogens with one attached hydrogen (secondary N) is 1. The molecule has 1 aliphatic heterocycles. The molecule has 6 nitrogen and oxygen atoms in total. The molecule has 1 aliphatic rings. The van der Waals surface area contributed by atoms with Crippen molar-refractivity contribution in [1.29, 1.82) is 0 Å². The predicted octanol–water partition coefficient (Wildman–Crippen LogP) is 3.28. The molecular formula is C24H28N2O4. The highest BCUT2D eigenvalue weighted by molar-refractivity contribution is 5.91. The summed E-state index contributed by atoms with van der Waals surface area (Å²) in [4.78, 5) is 26.4. The highest BCUT2D eigenvalue weighted by atomic mass is 16.5. The van der Waals surface area contributed by atoms with Crippen LogP contribution in [-0.2, 0) is 9.59 Å². The third kappa shape index (κ3) is 6.37. The van der Waals surface area contributed by atoms with Gasteiger partial charge in [-0.05, 0) is 43.5 Å². The van der Waals surface area contributed by atoms with Crippen molar-refractivity contribution in [2.24, 2.45) is 0 Å². The number of hydrogen-bond donors (Lipinski definition) is 1. The molecule has 0 radical (unpaired) electrons. The minimum absolute atomic E-state index is 0.0269. The number of carbonyl (C=O) groups is 2. The maximum atomic E-state index is 12.5. The normalized spacial score (nSPS) is 14.5. The number of nitrogens with zero attached hydrogens (tertiary/aromatic N) is 1. The number of rotatable bonds is 8. The van der Waals surface area contributed by atoms with Gasteiger partial charge in [0.15, 0.2) is 18.1 Å². The van der Waals surface area contributed by atoms with Gasteiger partial charge in [-0.15, -0.1) is 0 Å². The first-order chi connectivity index (χ1) is 14.7. The number of ether oxygens (including phenoxy) is 2. The topological polar surface area (TPSA) is 67.9 Å². The monoisotopic (exact) mass is 408 g/mol. The van der Waals surface area contributed by atoms with Crippen molar-refractivity contribution in [3.63, 3.8) is 0 Å². The highest BCUT2D eigenvalue weighted by Crippen LogP contribution is 2.26. The molecule has 2 aromatic carbocycles. The van der Waals surface area contributed by atoms with E-state index in [1.165, 1.54) is 0 Å². The fourth-order valence-corrected chi connectivity index (χ4v) is 3.33. The lowest BCUT2D eigenvalue weighted by Gasteiger charge is -2.32. The summed E-state index contributed by atoms with van der Waals surface area (Å²) in [5.74, 6) is 1.03. The Morgan fingerprint density at radius 1 is 1.00 bits per heavy atom. The molecule has 0 saturated carbocycles. The zero-order valence-electron chi connectivity index (χ0n) is 17.3. The van der Waals surface area contributed by atoms with Crippen LogP contribution in [0.1, 0.15) is 25.3 Å². The Hall–Kier alpha value is -3.28. The van der Waals surface area contributed by atoms with Gasteiger partial charge in [-0.1, -0.05) is 42.5 Å². The molecule has 1 fully saturated rings. The Labute approximate surface area is 177 Å². The standard InChI is InChI=1S/C24H28N2O4/c1-2-29-21-10-6-7-11-22(21)30-18-24(28)26-16-14-20(15-17-26)25-23(27)13-12-19-8-4-3-5-9-19/h3-13,20H,2,14-18H2,1H3,(H,25,27)/b13-12+. The van der Waals surface area contributed by atoms with E-state index in [2.05, 4.69) is 5.32 Å². The van der Waals surface area contributed by atoms with Crippen molar-refractivity contribution in [3.05, 3.63) is 66.2 Å². The van der Waals surface area contributed by atoms with Crippen LogP contribution in [0.4, 0.5) is 0 Å². The number of para-hydroxylation sites is 2. The summed E-state index contributed by atoms with van der Waals surface area (Å²) in [5, 5.41) is 3.02. The van der Waals surface area contributed by atoms with Gasteiger partial charge >= 0.3 is 0 Å². The number of piperidine rings is 1. The lowest BCUT2D eigenvalue weighted by Crippen LogP contribution is -2.47. The van der Waals surface area contributed by atoms with E-state index in [1.807, 2.05) is 55.5 Å². The largest absolute Gasteiger partial charge is 0.490 e. The van der Waals surface area contributed by atoms with E-state index in [4.69, 9.17) is 9.47 Å². The number of likely N-dealkylation sites (tertiary alicyclic amines) is 1. The van der Waals surface area contributed by atoms with E-state index < -0.39 is 0 Å². The van der Waals surface area contributed by atoms with Crippen molar-refractivity contribution in [2.75, 3.05) is 26.3 Å². The van der Waals surface area contributed by atoms with Crippen LogP contribution >= 0.6 is 0 Å². The summed E-state index contributed by atoms with van der Waals surface area (Å²) in [5.41, 5.74) is 0.985. The summed E-state index contributed by atoms with van der Waals surface area (Å²) in [7, 11) is 0. The fraction of sp³-hybridized carbons (Fsp3) is 0.333. The van der Waals surface area contributed by atoms with Crippen LogP contribution in [0.5, 0.6) is 11.5 Å². The average molecular weight is 408 g/mol. The molecule has 158 valence electrons. The first-order valence-corrected chi connectivity index (χ1v) is 10.3. The molecule has 30 heavy (non-hydrogen) atoms. The summed E-state index contributed by atoms with van der Waals surface area (Å²) in [6.07, 6.45) is 4.81. The molecule has 0 spiro atoms. The van der Waals surface area contributed by atoms with Crippen molar-refractivity contribution in [3.8, 4) is 11.5 Å². The smallest absolute Gasteiger partial charge is 0.260 e. The minimum Gasteiger partial charge on any atom is -0.490 e. The Morgan fingerprint density at radius 2 is 1.63 bits per heavy atom. The van der Waals surface area contributed by atoms with E-state index in [0.29, 0.717) is 31.2 Å². The molecule has 0 atom stereocenters. The van der Waals surface area contributed by atoms with Gasteiger partial charge < -0.3 is 19.7 Å². The number of hydrogen-bond acceptors (Lipinski definition) is 4. The molecule has 0 aromatic heterocycles. The Morgan fingerprint density at radius 3 is 2.30 bits per heavy atom. The zero-order valence-corrected chi connectivity index (χ0v) is 17.3. The molecular weight excluding hydrogens is 380 g/mol. The summed E-state index contributed by atoms with van der Waals surface area (Å²) in [6.45, 7) is 3.61. The summed E-state index contributed by atoms with van der Waals surface area (Å²) in [6, 6.07) is 17.1. The van der Waals surface area contributed by atoms with E-state index in [-0.39, 0.29) is 24.5 Å². The van der Waals surface area contributed by atoms with E-state index in [0.717, 1.165) is 18.4 Å². The number of amides is 2. The van der Waals surface area contributed by atoms with Crippen LogP contribution in [0.25, 0.3) is 6.08 Å². The molecule has 1 saturated heterocycles. The quantitative estimate of drug-likeness (QED) is 0.681. The average Bonchev–Trinajstić information content (AvgIpc) is 2.78. The Bertz CT molecular complexity index is 859. The Balaban J connectivity index is 1.41. The molecule has 2 aromatic rings. The van der Waals surface area contributed by atoms with Crippen LogP contribution in [0.3, 0.4) is 0 Å². The van der Waals surface area contributed by atoms with Crippen LogP contribution in [-0.4, -0.2) is 49.1 Å². The van der Waals surface area contributed by atoms with Crippen LogP contribution in [0, 0.1) is 0 Å². The third-order valence-corrected chi connectivity index (χ3v) is 4.92. The van der Waals surface area contributed by atoms with Gasteiger partial charge in [0.25, 0.3) is 5.91 Å². The third-order valence-electron chi connectivity index (χ3n) is 4.92. The first kappa shape index (κ1) is 21.4. The molecule has 0 aliphatic carbocycles. The summed E-state index contributed by atoms with van der Waals surface area (Å²) >= 11 is 0. The lowest BCUT2D eigenvalue weighted by atomic mass is 10.0. The SMILES string of the molecule is CCOc1ccccc1OCC(=O)N1CCC(NC(=O)/C=C/c2ccccc2)CC1. The van der Waals surface area contributed by atoms with Gasteiger partial charge in [-0.3, -0.25) is 9.59 Å². The second-order valence-electron chi connectivity index (χ2n) is 7.08. The van der Waals surface area contributed by atoms with Gasteiger partial charge in [0.2, 0.25) is 5.91 Å². The van der Waals surface area contributed by atoms with Crippen molar-refractivity contribution >= 4 is 17.9 Å². The number of benzene rings is 2. The van der Waals surface area contributed by atoms with Crippen LogP contribution < -0.4 is 14.8 Å². The fourth-order valence-electron chi connectivity index (χ4n) is 3.33. The first-order valence-electron chi connectivity index (χ1n) is 10.3. The second-order valence-corrected chi connectivity index (χ2v) is 7.08. The van der Waals surface area contributed by atoms with Crippen molar-refractivity contribution in [2.45, 2.75) is 25.8 Å². The van der Waals surface area contributed by atoms with Crippen molar-refractivity contribution in [1.82, 2.24) is 10.2 Å². The highest BCUT2D eigenvalue weighted by Gasteiger charge is 2.24. The van der Waals surface area contributed by atoms with Gasteiger partial charge in [0.05, 0.1) is 6.61 Å². The maximum Gasteiger partial charge on any atom is 0.260 e. The van der Waals surface area contributed by atoms with E-state index in [1.54, 1.807) is 23.1 Å². The van der Waals surface area contributed by atoms with Crippen LogP contribution in [0.2, 0.25) is 0 Å². The maximum absolute atomic E-state index is 12.5. The molecule has 1 heterocycles. The molecule has 3 rings (SSSR count). The second kappa shape index (κ2) is 11.0. The van der Waals surface area contributed by atoms with Gasteiger partial charge in [-0.25, -0.2) is 0 Å². The zero-order chi connectivity index (χ0) is 21.2. The van der Waals surface area contributed by atoms with E-state index >= 15 is 0 Å². The molecule has 6 heteroatoms. The van der Waals surface area contributed by atoms with E-state index in [9.17, 15) is 9.59 Å².